The van der Waals surface area contributed by atoms with Gasteiger partial charge in [0.15, 0.2) is 0 Å². The van der Waals surface area contributed by atoms with Gasteiger partial charge in [-0.25, -0.2) is 0 Å². The largest absolute Gasteiger partial charge is 0.493 e. The molecule has 0 bridgehead atoms. The van der Waals surface area contributed by atoms with E-state index in [-0.39, 0.29) is 18.9 Å². The van der Waals surface area contributed by atoms with Crippen LogP contribution in [0.3, 0.4) is 0 Å². The van der Waals surface area contributed by atoms with Crippen molar-refractivity contribution < 1.29 is 24.2 Å². The van der Waals surface area contributed by atoms with Crippen molar-refractivity contribution in [2.24, 2.45) is 0 Å². The normalized spacial score (nSPS) is 18.0. The number of nitrogens with zero attached hydrogens (tertiary/aromatic N) is 2. The summed E-state index contributed by atoms with van der Waals surface area (Å²) in [5, 5.41) is 12.3. The molecular weight excluding hydrogens is 470 g/mol. The van der Waals surface area contributed by atoms with E-state index in [0.29, 0.717) is 32.8 Å². The summed E-state index contributed by atoms with van der Waals surface area (Å²) in [6, 6.07) is 13.6. The van der Waals surface area contributed by atoms with Gasteiger partial charge >= 0.3 is 5.97 Å². The Morgan fingerprint density at radius 3 is 2.68 bits per heavy atom. The first-order chi connectivity index (χ1) is 18.0. The Morgan fingerprint density at radius 2 is 1.84 bits per heavy atom. The molecule has 2 aromatic carbocycles. The Kier molecular flexibility index (Phi) is 10.2. The number of carboxylic acids is 1. The Hall–Kier alpha value is -3.10. The van der Waals surface area contributed by atoms with Gasteiger partial charge in [0.25, 0.3) is 0 Å². The van der Waals surface area contributed by atoms with Gasteiger partial charge in [0, 0.05) is 31.7 Å². The maximum absolute atomic E-state index is 12.8. The van der Waals surface area contributed by atoms with E-state index in [0.717, 1.165) is 67.1 Å². The van der Waals surface area contributed by atoms with Crippen LogP contribution in [0.15, 0.2) is 42.5 Å². The average molecular weight is 510 g/mol. The molecule has 2 heterocycles. The molecule has 200 valence electrons. The van der Waals surface area contributed by atoms with Gasteiger partial charge in [0.05, 0.1) is 19.6 Å². The Bertz CT molecular complexity index is 1040. The molecule has 0 aliphatic carbocycles. The molecule has 1 amide bonds. The molecule has 4 rings (SSSR count). The van der Waals surface area contributed by atoms with Gasteiger partial charge in [0.2, 0.25) is 5.91 Å². The number of carboxylic acid groups (broad SMARTS) is 1. The molecule has 0 spiro atoms. The maximum Gasteiger partial charge on any atom is 0.307 e. The van der Waals surface area contributed by atoms with Crippen molar-refractivity contribution in [3.8, 4) is 11.5 Å². The smallest absolute Gasteiger partial charge is 0.307 e. The lowest BCUT2D eigenvalue weighted by Crippen LogP contribution is -2.37. The standard InChI is InChI=1S/C29H39N3O5/c33-28-22-32(20-24-7-6-8-26(18-24)36-16-14-31-12-3-4-13-31)21-25-17-23(19-29(34)35)9-10-27(25)37-15-5-1-2-11-30-28/h6-10,17-18H,1-5,11-16,19-22H2,(H,30,33)(H,34,35). The van der Waals surface area contributed by atoms with Crippen molar-refractivity contribution in [2.45, 2.75) is 51.6 Å². The van der Waals surface area contributed by atoms with Crippen LogP contribution in [0.1, 0.15) is 48.8 Å². The topological polar surface area (TPSA) is 91.3 Å². The zero-order valence-electron chi connectivity index (χ0n) is 21.6. The first-order valence-electron chi connectivity index (χ1n) is 13.4. The molecule has 2 aliphatic heterocycles. The van der Waals surface area contributed by atoms with E-state index in [1.54, 1.807) is 0 Å². The number of fused-ring (bicyclic) bond motifs is 1. The molecule has 37 heavy (non-hydrogen) atoms. The second-order valence-corrected chi connectivity index (χ2v) is 9.96. The minimum absolute atomic E-state index is 0.0126. The third-order valence-corrected chi connectivity index (χ3v) is 6.82. The molecule has 8 nitrogen and oxygen atoms in total. The number of amides is 1. The number of benzene rings is 2. The molecule has 0 radical (unpaired) electrons. The first kappa shape index (κ1) is 26.9. The third-order valence-electron chi connectivity index (χ3n) is 6.82. The van der Waals surface area contributed by atoms with Gasteiger partial charge in [-0.2, -0.15) is 0 Å². The third kappa shape index (κ3) is 9.05. The summed E-state index contributed by atoms with van der Waals surface area (Å²) in [6.45, 7) is 6.41. The van der Waals surface area contributed by atoms with Crippen LogP contribution in [0, 0.1) is 0 Å². The molecule has 8 heteroatoms. The lowest BCUT2D eigenvalue weighted by atomic mass is 10.1. The van der Waals surface area contributed by atoms with Gasteiger partial charge in [-0.05, 0) is 74.5 Å². The number of ether oxygens (including phenoxy) is 2. The van der Waals surface area contributed by atoms with E-state index in [2.05, 4.69) is 15.1 Å². The van der Waals surface area contributed by atoms with Crippen molar-refractivity contribution in [2.75, 3.05) is 45.9 Å². The summed E-state index contributed by atoms with van der Waals surface area (Å²) in [7, 11) is 0. The monoisotopic (exact) mass is 509 g/mol. The van der Waals surface area contributed by atoms with Crippen molar-refractivity contribution in [3.05, 3.63) is 59.2 Å². The van der Waals surface area contributed by atoms with Crippen molar-refractivity contribution in [1.82, 2.24) is 15.1 Å². The van der Waals surface area contributed by atoms with Crippen molar-refractivity contribution in [1.29, 1.82) is 0 Å². The van der Waals surface area contributed by atoms with Crippen molar-refractivity contribution >= 4 is 11.9 Å². The maximum atomic E-state index is 12.8. The minimum atomic E-state index is -0.872. The number of carbonyl (C=O) groups excluding carboxylic acids is 1. The number of carbonyl (C=O) groups is 2. The predicted molar refractivity (Wildman–Crippen MR) is 142 cm³/mol. The summed E-state index contributed by atoms with van der Waals surface area (Å²) in [5.74, 6) is 0.696. The fraction of sp³-hybridized carbons (Fsp3) is 0.517. The molecule has 0 aromatic heterocycles. The fourth-order valence-electron chi connectivity index (χ4n) is 4.95. The Morgan fingerprint density at radius 1 is 0.973 bits per heavy atom. The molecule has 2 aromatic rings. The number of rotatable bonds is 8. The van der Waals surface area contributed by atoms with Gasteiger partial charge in [-0.15, -0.1) is 0 Å². The lowest BCUT2D eigenvalue weighted by molar-refractivity contribution is -0.136. The predicted octanol–water partition coefficient (Wildman–Crippen LogP) is 3.47. The van der Waals surface area contributed by atoms with Gasteiger partial charge in [-0.3, -0.25) is 19.4 Å². The van der Waals surface area contributed by atoms with Crippen LogP contribution in [0.2, 0.25) is 0 Å². The van der Waals surface area contributed by atoms with E-state index in [9.17, 15) is 14.7 Å². The SMILES string of the molecule is O=C(O)Cc1ccc2c(c1)CN(Cc1cccc(OCCN3CCCC3)c1)CC(=O)NCCCCCO2. The molecule has 0 saturated carbocycles. The average Bonchev–Trinajstić information content (AvgIpc) is 3.38. The number of nitrogens with one attached hydrogen (secondary N) is 1. The summed E-state index contributed by atoms with van der Waals surface area (Å²) in [6.07, 6.45) is 5.28. The zero-order chi connectivity index (χ0) is 25.9. The molecule has 0 atom stereocenters. The number of aliphatic carboxylic acids is 1. The minimum Gasteiger partial charge on any atom is -0.493 e. The number of likely N-dealkylation sites (tertiary alicyclic amines) is 1. The first-order valence-corrected chi connectivity index (χ1v) is 13.4. The summed E-state index contributed by atoms with van der Waals surface area (Å²) < 4.78 is 12.1. The van der Waals surface area contributed by atoms with E-state index in [1.807, 2.05) is 42.5 Å². The number of hydrogen-bond acceptors (Lipinski definition) is 6. The quantitative estimate of drug-likeness (QED) is 0.563. The lowest BCUT2D eigenvalue weighted by Gasteiger charge is -2.24. The summed E-state index contributed by atoms with van der Waals surface area (Å²) >= 11 is 0. The molecule has 1 fully saturated rings. The molecule has 2 N–H and O–H groups in total. The van der Waals surface area contributed by atoms with Crippen LogP contribution in [0.5, 0.6) is 11.5 Å². The van der Waals surface area contributed by atoms with Gasteiger partial charge in [0.1, 0.15) is 18.1 Å². The molecule has 0 unspecified atom stereocenters. The highest BCUT2D eigenvalue weighted by atomic mass is 16.5. The van der Waals surface area contributed by atoms with Crippen LogP contribution < -0.4 is 14.8 Å². The fourth-order valence-corrected chi connectivity index (χ4v) is 4.95. The van der Waals surface area contributed by atoms with E-state index >= 15 is 0 Å². The zero-order valence-corrected chi connectivity index (χ0v) is 21.6. The number of hydrogen-bond donors (Lipinski definition) is 2. The molecular formula is C29H39N3O5. The summed E-state index contributed by atoms with van der Waals surface area (Å²) in [5.41, 5.74) is 2.67. The highest BCUT2D eigenvalue weighted by Gasteiger charge is 2.17. The van der Waals surface area contributed by atoms with Crippen LogP contribution >= 0.6 is 0 Å². The van der Waals surface area contributed by atoms with Crippen molar-refractivity contribution in [3.63, 3.8) is 0 Å². The second-order valence-electron chi connectivity index (χ2n) is 9.96. The Balaban J connectivity index is 1.49. The van der Waals surface area contributed by atoms with E-state index in [1.165, 1.54) is 12.8 Å². The van der Waals surface area contributed by atoms with E-state index in [4.69, 9.17) is 9.47 Å². The van der Waals surface area contributed by atoms with Crippen LogP contribution in [0.25, 0.3) is 0 Å². The Labute approximate surface area is 219 Å². The van der Waals surface area contributed by atoms with Crippen LogP contribution in [-0.4, -0.2) is 72.7 Å². The van der Waals surface area contributed by atoms with Crippen LogP contribution in [-0.2, 0) is 29.1 Å². The van der Waals surface area contributed by atoms with E-state index < -0.39 is 5.97 Å². The van der Waals surface area contributed by atoms with Crippen LogP contribution in [0.4, 0.5) is 0 Å². The van der Waals surface area contributed by atoms with Gasteiger partial charge in [-0.1, -0.05) is 24.3 Å². The highest BCUT2D eigenvalue weighted by Crippen LogP contribution is 2.25. The second kappa shape index (κ2) is 14.0. The highest BCUT2D eigenvalue weighted by molar-refractivity contribution is 5.78. The van der Waals surface area contributed by atoms with Gasteiger partial charge < -0.3 is 19.9 Å². The summed E-state index contributed by atoms with van der Waals surface area (Å²) in [4.78, 5) is 28.6. The molecule has 2 aliphatic rings. The molecule has 1 saturated heterocycles.